The lowest BCUT2D eigenvalue weighted by Gasteiger charge is -2.26. The zero-order chi connectivity index (χ0) is 21.9. The number of carbonyl (C=O) groups is 2. The van der Waals surface area contributed by atoms with Crippen LogP contribution in [0.3, 0.4) is 0 Å². The number of primary amides is 1. The quantitative estimate of drug-likeness (QED) is 0.728. The van der Waals surface area contributed by atoms with Crippen LogP contribution >= 0.6 is 0 Å². The molecule has 0 radical (unpaired) electrons. The molecule has 3 rings (SSSR count). The molecule has 2 unspecified atom stereocenters. The summed E-state index contributed by atoms with van der Waals surface area (Å²) >= 11 is 0. The molecule has 2 aliphatic rings. The molecule has 0 bridgehead atoms. The van der Waals surface area contributed by atoms with Crippen LogP contribution in [0.25, 0.3) is 0 Å². The first kappa shape index (κ1) is 25.2. The van der Waals surface area contributed by atoms with Gasteiger partial charge in [-0.1, -0.05) is 30.3 Å². The van der Waals surface area contributed by atoms with Crippen molar-refractivity contribution in [2.75, 3.05) is 38.9 Å². The van der Waals surface area contributed by atoms with Gasteiger partial charge >= 0.3 is 6.09 Å². The van der Waals surface area contributed by atoms with E-state index >= 15 is 0 Å². The summed E-state index contributed by atoms with van der Waals surface area (Å²) in [4.78, 5) is 20.7. The molecule has 2 saturated heterocycles. The molecule has 0 aromatic heterocycles. The van der Waals surface area contributed by atoms with Gasteiger partial charge in [-0.2, -0.15) is 0 Å². The Bertz CT molecular complexity index is 796. The average Bonchev–Trinajstić information content (AvgIpc) is 2.49. The minimum Gasteiger partial charge on any atom is -0.443 e. The predicted octanol–water partition coefficient (Wildman–Crippen LogP) is 1.08. The number of hydrogen-bond donors (Lipinski definition) is 1. The van der Waals surface area contributed by atoms with Crippen molar-refractivity contribution in [2.45, 2.75) is 24.0 Å². The highest BCUT2D eigenvalue weighted by atomic mass is 32.2. The number of nitrogens with zero attached hydrogens (tertiary/aromatic N) is 1. The lowest BCUT2D eigenvalue weighted by atomic mass is 10.2. The van der Waals surface area contributed by atoms with E-state index in [-0.39, 0.29) is 17.8 Å². The van der Waals surface area contributed by atoms with E-state index in [2.05, 4.69) is 10.1 Å². The molecule has 2 heterocycles. The SMILES string of the molecule is CC(N)=O.CS(=O)(=NC(=O)OCc1ccccc1)C1COC1.CS(=O)C1COC1. The number of amides is 2. The van der Waals surface area contributed by atoms with Gasteiger partial charge in [-0.05, 0) is 5.56 Å². The fourth-order valence-electron chi connectivity index (χ4n) is 1.84. The molecule has 2 N–H and O–H groups in total. The molecule has 0 spiro atoms. The smallest absolute Gasteiger partial charge is 0.442 e. The third-order valence-corrected chi connectivity index (χ3v) is 7.00. The van der Waals surface area contributed by atoms with Crippen LogP contribution in [0.1, 0.15) is 12.5 Å². The summed E-state index contributed by atoms with van der Waals surface area (Å²) in [6.45, 7) is 3.63. The molecule has 1 aromatic rings. The van der Waals surface area contributed by atoms with Gasteiger partial charge < -0.3 is 19.9 Å². The molecule has 11 heteroatoms. The van der Waals surface area contributed by atoms with Crippen molar-refractivity contribution in [1.82, 2.24) is 0 Å². The van der Waals surface area contributed by atoms with Gasteiger partial charge in [0.25, 0.3) is 0 Å². The molecule has 2 amide bonds. The zero-order valence-corrected chi connectivity index (χ0v) is 18.4. The molecule has 1 aromatic carbocycles. The highest BCUT2D eigenvalue weighted by Gasteiger charge is 2.28. The number of hydrogen-bond acceptors (Lipinski definition) is 7. The summed E-state index contributed by atoms with van der Waals surface area (Å²) in [6, 6.07) is 9.28. The summed E-state index contributed by atoms with van der Waals surface area (Å²) < 4.78 is 40.8. The molecule has 2 aliphatic heterocycles. The number of ether oxygens (including phenoxy) is 3. The van der Waals surface area contributed by atoms with Crippen LogP contribution in [0.15, 0.2) is 34.7 Å². The Hall–Kier alpha value is -1.82. The van der Waals surface area contributed by atoms with Crippen molar-refractivity contribution in [1.29, 1.82) is 0 Å². The number of benzene rings is 1. The molecule has 0 saturated carbocycles. The van der Waals surface area contributed by atoms with Crippen LogP contribution in [-0.4, -0.2) is 69.9 Å². The maximum atomic E-state index is 12.0. The summed E-state index contributed by atoms with van der Waals surface area (Å²) in [5.74, 6) is -0.333. The van der Waals surface area contributed by atoms with Gasteiger partial charge in [-0.3, -0.25) is 9.00 Å². The van der Waals surface area contributed by atoms with Crippen LogP contribution in [0.2, 0.25) is 0 Å². The van der Waals surface area contributed by atoms with Crippen molar-refractivity contribution >= 4 is 32.5 Å². The number of rotatable bonds is 4. The molecule has 0 aliphatic carbocycles. The molecular weight excluding hydrogens is 420 g/mol. The largest absolute Gasteiger partial charge is 0.443 e. The fourth-order valence-corrected chi connectivity index (χ4v) is 3.61. The summed E-state index contributed by atoms with van der Waals surface area (Å²) in [7, 11) is -3.20. The zero-order valence-electron chi connectivity index (χ0n) is 16.8. The molecular formula is C18H28N2O7S2. The summed E-state index contributed by atoms with van der Waals surface area (Å²) in [5, 5.41) is 0.168. The van der Waals surface area contributed by atoms with Gasteiger partial charge in [-0.25, -0.2) is 9.00 Å². The van der Waals surface area contributed by atoms with Gasteiger partial charge in [0.2, 0.25) is 5.91 Å². The monoisotopic (exact) mass is 448 g/mol. The van der Waals surface area contributed by atoms with Crippen LogP contribution in [0, 0.1) is 0 Å². The van der Waals surface area contributed by atoms with Gasteiger partial charge in [0, 0.05) is 30.2 Å². The maximum absolute atomic E-state index is 12.0. The van der Waals surface area contributed by atoms with Crippen molar-refractivity contribution < 1.29 is 32.2 Å². The van der Waals surface area contributed by atoms with E-state index in [0.717, 1.165) is 5.56 Å². The fraction of sp³-hybridized carbons (Fsp3) is 0.556. The van der Waals surface area contributed by atoms with Crippen molar-refractivity contribution in [2.24, 2.45) is 10.1 Å². The van der Waals surface area contributed by atoms with Crippen molar-refractivity contribution in [3.63, 3.8) is 0 Å². The molecule has 9 nitrogen and oxygen atoms in total. The van der Waals surface area contributed by atoms with E-state index in [0.29, 0.717) is 31.7 Å². The lowest BCUT2D eigenvalue weighted by molar-refractivity contribution is -0.115. The van der Waals surface area contributed by atoms with Crippen molar-refractivity contribution in [3.8, 4) is 0 Å². The first-order valence-corrected chi connectivity index (χ1v) is 12.4. The Morgan fingerprint density at radius 2 is 1.72 bits per heavy atom. The van der Waals surface area contributed by atoms with Crippen LogP contribution in [-0.2, 0) is 46.1 Å². The predicted molar refractivity (Wildman–Crippen MR) is 111 cm³/mol. The van der Waals surface area contributed by atoms with Crippen LogP contribution < -0.4 is 5.73 Å². The Balaban J connectivity index is 0.000000314. The maximum Gasteiger partial charge on any atom is 0.442 e. The number of nitrogens with two attached hydrogens (primary N) is 1. The molecule has 164 valence electrons. The van der Waals surface area contributed by atoms with E-state index in [1.54, 1.807) is 6.26 Å². The second kappa shape index (κ2) is 12.7. The van der Waals surface area contributed by atoms with E-state index < -0.39 is 26.6 Å². The van der Waals surface area contributed by atoms with Crippen LogP contribution in [0.5, 0.6) is 0 Å². The second-order valence-electron chi connectivity index (χ2n) is 6.42. The summed E-state index contributed by atoms with van der Waals surface area (Å²) in [6.07, 6.45) is 2.40. The Kier molecular flexibility index (Phi) is 11.0. The Morgan fingerprint density at radius 1 is 1.21 bits per heavy atom. The average molecular weight is 449 g/mol. The van der Waals surface area contributed by atoms with E-state index in [4.69, 9.17) is 14.2 Å². The highest BCUT2D eigenvalue weighted by Crippen LogP contribution is 2.14. The van der Waals surface area contributed by atoms with Crippen LogP contribution in [0.4, 0.5) is 4.79 Å². The van der Waals surface area contributed by atoms with E-state index in [1.807, 2.05) is 30.3 Å². The number of carbonyl (C=O) groups excluding carboxylic acids is 2. The van der Waals surface area contributed by atoms with Gasteiger partial charge in [-0.15, -0.1) is 4.36 Å². The third kappa shape index (κ3) is 10.5. The highest BCUT2D eigenvalue weighted by molar-refractivity contribution is 7.93. The van der Waals surface area contributed by atoms with E-state index in [9.17, 15) is 18.0 Å². The van der Waals surface area contributed by atoms with Gasteiger partial charge in [0.15, 0.2) is 0 Å². The Morgan fingerprint density at radius 3 is 2.07 bits per heavy atom. The molecule has 2 fully saturated rings. The normalized spacial score (nSPS) is 18.7. The van der Waals surface area contributed by atoms with E-state index in [1.165, 1.54) is 13.2 Å². The summed E-state index contributed by atoms with van der Waals surface area (Å²) in [5.41, 5.74) is 5.34. The third-order valence-electron chi connectivity index (χ3n) is 3.76. The first-order valence-electron chi connectivity index (χ1n) is 8.77. The van der Waals surface area contributed by atoms with Gasteiger partial charge in [0.05, 0.1) is 46.7 Å². The Labute approximate surface area is 173 Å². The minimum atomic E-state index is -2.55. The molecule has 2 atom stereocenters. The second-order valence-corrected chi connectivity index (χ2v) is 10.7. The lowest BCUT2D eigenvalue weighted by Crippen LogP contribution is -2.40. The van der Waals surface area contributed by atoms with Gasteiger partial charge in [0.1, 0.15) is 6.61 Å². The standard InChI is InChI=1S/C12H15NO4S.C4H8O2S.C2H5NO/c1-18(15,11-8-16-9-11)13-12(14)17-7-10-5-3-2-4-6-10;1-7(5)4-2-6-3-4;1-2(3)4/h2-6,11H,7-9H2,1H3;4H,2-3H2,1H3;1H3,(H2,3,4). The topological polar surface area (TPSA) is 134 Å². The first-order chi connectivity index (χ1) is 13.6. The van der Waals surface area contributed by atoms with Crippen molar-refractivity contribution in [3.05, 3.63) is 35.9 Å². The molecule has 29 heavy (non-hydrogen) atoms. The minimum absolute atomic E-state index is 0.139.